The Kier molecular flexibility index (Phi) is 6.92. The van der Waals surface area contributed by atoms with Crippen molar-refractivity contribution in [3.05, 3.63) is 44.8 Å². The molecule has 0 radical (unpaired) electrons. The lowest BCUT2D eigenvalue weighted by Crippen LogP contribution is -2.30. The number of aromatic nitrogens is 1. The molecule has 0 aromatic carbocycles. The number of thiophene rings is 1. The second-order valence-corrected chi connectivity index (χ2v) is 7.06. The zero-order valence-electron chi connectivity index (χ0n) is 13.1. The zero-order chi connectivity index (χ0) is 18.4. The molecule has 2 heterocycles. The van der Waals surface area contributed by atoms with Crippen LogP contribution in [0.3, 0.4) is 0 Å². The molecule has 9 heteroatoms. The minimum Gasteiger partial charge on any atom is -0.453 e. The number of rotatable bonds is 7. The molecular weight excluding hydrogens is 387 g/mol. The second kappa shape index (κ2) is 8.94. The zero-order valence-corrected chi connectivity index (χ0v) is 15.5. The molecule has 25 heavy (non-hydrogen) atoms. The van der Waals surface area contributed by atoms with Gasteiger partial charge in [0.1, 0.15) is 0 Å². The summed E-state index contributed by atoms with van der Waals surface area (Å²) in [4.78, 5) is 40.0. The third-order valence-electron chi connectivity index (χ3n) is 3.10. The highest BCUT2D eigenvalue weighted by atomic mass is 35.5. The first-order chi connectivity index (χ1) is 11.9. The fraction of sp³-hybridized carbons (Fsp3) is 0.250. The van der Waals surface area contributed by atoms with E-state index in [4.69, 9.17) is 27.9 Å². The SMILES string of the molecule is CC(OC(=O)CCC(=O)c1ccc(Cl)s1)C(=O)Nc1cccnc1Cl. The van der Waals surface area contributed by atoms with E-state index in [1.165, 1.54) is 13.1 Å². The van der Waals surface area contributed by atoms with Gasteiger partial charge in [-0.1, -0.05) is 23.2 Å². The molecule has 0 saturated carbocycles. The summed E-state index contributed by atoms with van der Waals surface area (Å²) in [7, 11) is 0. The Morgan fingerprint density at radius 3 is 2.64 bits per heavy atom. The van der Waals surface area contributed by atoms with E-state index in [2.05, 4.69) is 10.3 Å². The molecule has 0 bridgehead atoms. The number of ketones is 1. The number of nitrogens with one attached hydrogen (secondary N) is 1. The van der Waals surface area contributed by atoms with Crippen LogP contribution in [0.4, 0.5) is 5.69 Å². The molecule has 0 spiro atoms. The van der Waals surface area contributed by atoms with Crippen molar-refractivity contribution < 1.29 is 19.1 Å². The third kappa shape index (κ3) is 5.81. The first-order valence-electron chi connectivity index (χ1n) is 7.26. The van der Waals surface area contributed by atoms with Crippen molar-refractivity contribution in [2.24, 2.45) is 0 Å². The van der Waals surface area contributed by atoms with Gasteiger partial charge in [-0.3, -0.25) is 14.4 Å². The molecular formula is C16H14Cl2N2O4S. The van der Waals surface area contributed by atoms with Crippen LogP contribution >= 0.6 is 34.5 Å². The van der Waals surface area contributed by atoms with Gasteiger partial charge in [0, 0.05) is 12.6 Å². The molecule has 132 valence electrons. The van der Waals surface area contributed by atoms with Gasteiger partial charge in [-0.05, 0) is 31.2 Å². The molecule has 2 aromatic rings. The van der Waals surface area contributed by atoms with Crippen molar-refractivity contribution in [2.75, 3.05) is 5.32 Å². The number of amides is 1. The Hall–Kier alpha value is -1.96. The van der Waals surface area contributed by atoms with Gasteiger partial charge in [0.15, 0.2) is 17.0 Å². The molecule has 0 fully saturated rings. The standard InChI is InChI=1S/C16H14Cl2N2O4S/c1-9(16(23)20-10-3-2-8-19-15(10)18)24-14(22)7-4-11(21)12-5-6-13(17)25-12/h2-3,5-6,8-9H,4,7H2,1H3,(H,20,23). The molecule has 6 nitrogen and oxygen atoms in total. The predicted octanol–water partition coefficient (Wildman–Crippen LogP) is 3.98. The number of carbonyl (C=O) groups is 3. The molecule has 0 aliphatic carbocycles. The van der Waals surface area contributed by atoms with Gasteiger partial charge in [0.05, 0.1) is 21.3 Å². The van der Waals surface area contributed by atoms with Gasteiger partial charge in [-0.15, -0.1) is 11.3 Å². The maximum absolute atomic E-state index is 12.0. The van der Waals surface area contributed by atoms with Crippen LogP contribution in [0.15, 0.2) is 30.5 Å². The fourth-order valence-electron chi connectivity index (χ4n) is 1.83. The van der Waals surface area contributed by atoms with E-state index >= 15 is 0 Å². The first kappa shape index (κ1) is 19.4. The number of hydrogen-bond acceptors (Lipinski definition) is 6. The van der Waals surface area contributed by atoms with Crippen LogP contribution in [0.5, 0.6) is 0 Å². The number of anilines is 1. The van der Waals surface area contributed by atoms with Gasteiger partial charge in [0.2, 0.25) is 0 Å². The van der Waals surface area contributed by atoms with Crippen LogP contribution < -0.4 is 5.32 Å². The Morgan fingerprint density at radius 2 is 2.00 bits per heavy atom. The van der Waals surface area contributed by atoms with E-state index in [9.17, 15) is 14.4 Å². The number of hydrogen-bond donors (Lipinski definition) is 1. The Bertz CT molecular complexity index is 794. The minimum atomic E-state index is -1.03. The average Bonchev–Trinajstić information content (AvgIpc) is 3.01. The minimum absolute atomic E-state index is 0.0154. The fourth-order valence-corrected chi connectivity index (χ4v) is 3.00. The van der Waals surface area contributed by atoms with Crippen molar-refractivity contribution in [1.82, 2.24) is 4.98 Å². The quantitative estimate of drug-likeness (QED) is 0.431. The molecule has 1 amide bonds. The highest BCUT2D eigenvalue weighted by molar-refractivity contribution is 7.18. The van der Waals surface area contributed by atoms with E-state index in [0.717, 1.165) is 11.3 Å². The maximum Gasteiger partial charge on any atom is 0.307 e. The lowest BCUT2D eigenvalue weighted by molar-refractivity contribution is -0.153. The summed E-state index contributed by atoms with van der Waals surface area (Å²) in [6, 6.07) is 6.41. The summed E-state index contributed by atoms with van der Waals surface area (Å²) in [5.74, 6) is -1.39. The van der Waals surface area contributed by atoms with E-state index in [0.29, 0.717) is 14.9 Å². The van der Waals surface area contributed by atoms with Crippen LogP contribution in [0.1, 0.15) is 29.4 Å². The normalized spacial score (nSPS) is 11.6. The van der Waals surface area contributed by atoms with E-state index < -0.39 is 18.0 Å². The van der Waals surface area contributed by atoms with Crippen molar-refractivity contribution in [1.29, 1.82) is 0 Å². The molecule has 2 aromatic heterocycles. The molecule has 1 N–H and O–H groups in total. The topological polar surface area (TPSA) is 85.4 Å². The summed E-state index contributed by atoms with van der Waals surface area (Å²) in [6.07, 6.45) is 0.312. The second-order valence-electron chi connectivity index (χ2n) is 4.99. The summed E-state index contributed by atoms with van der Waals surface area (Å²) in [5, 5.41) is 2.65. The van der Waals surface area contributed by atoms with Crippen LogP contribution in [0.25, 0.3) is 0 Å². The number of ether oxygens (including phenoxy) is 1. The highest BCUT2D eigenvalue weighted by Gasteiger charge is 2.20. The van der Waals surface area contributed by atoms with Gasteiger partial charge in [-0.25, -0.2) is 4.98 Å². The van der Waals surface area contributed by atoms with Crippen LogP contribution in [0, 0.1) is 0 Å². The van der Waals surface area contributed by atoms with Crippen molar-refractivity contribution >= 4 is 57.9 Å². The number of nitrogens with zero attached hydrogens (tertiary/aromatic N) is 1. The molecule has 1 unspecified atom stereocenters. The molecule has 0 saturated heterocycles. The first-order valence-corrected chi connectivity index (χ1v) is 8.83. The molecule has 2 rings (SSSR count). The van der Waals surface area contributed by atoms with Crippen LogP contribution in [0.2, 0.25) is 9.49 Å². The van der Waals surface area contributed by atoms with E-state index in [1.54, 1.807) is 24.3 Å². The summed E-state index contributed by atoms with van der Waals surface area (Å²) in [6.45, 7) is 1.43. The monoisotopic (exact) mass is 400 g/mol. The van der Waals surface area contributed by atoms with Gasteiger partial charge in [-0.2, -0.15) is 0 Å². The summed E-state index contributed by atoms with van der Waals surface area (Å²) < 4.78 is 5.53. The number of Topliss-reactive ketones (excluding diaryl/α,β-unsaturated/α-hetero) is 1. The van der Waals surface area contributed by atoms with Crippen molar-refractivity contribution in [3.8, 4) is 0 Å². The highest BCUT2D eigenvalue weighted by Crippen LogP contribution is 2.23. The molecule has 0 aliphatic heterocycles. The Labute approximate surface area is 158 Å². The third-order valence-corrected chi connectivity index (χ3v) is 4.67. The number of halogens is 2. The lowest BCUT2D eigenvalue weighted by Gasteiger charge is -2.13. The number of carbonyl (C=O) groups excluding carboxylic acids is 3. The smallest absolute Gasteiger partial charge is 0.307 e. The van der Waals surface area contributed by atoms with Crippen molar-refractivity contribution in [2.45, 2.75) is 25.9 Å². The summed E-state index contributed by atoms with van der Waals surface area (Å²) in [5.41, 5.74) is 0.321. The van der Waals surface area contributed by atoms with Gasteiger partial charge < -0.3 is 10.1 Å². The number of pyridine rings is 1. The predicted molar refractivity (Wildman–Crippen MR) is 96.3 cm³/mol. The number of esters is 1. The van der Waals surface area contributed by atoms with E-state index in [-0.39, 0.29) is 23.8 Å². The summed E-state index contributed by atoms with van der Waals surface area (Å²) >= 11 is 12.8. The van der Waals surface area contributed by atoms with Crippen molar-refractivity contribution in [3.63, 3.8) is 0 Å². The lowest BCUT2D eigenvalue weighted by atomic mass is 10.2. The molecule has 0 aliphatic rings. The Morgan fingerprint density at radius 1 is 1.24 bits per heavy atom. The van der Waals surface area contributed by atoms with Crippen LogP contribution in [-0.2, 0) is 14.3 Å². The van der Waals surface area contributed by atoms with Gasteiger partial charge >= 0.3 is 5.97 Å². The van der Waals surface area contributed by atoms with Gasteiger partial charge in [0.25, 0.3) is 5.91 Å². The Balaban J connectivity index is 1.80. The average molecular weight is 401 g/mol. The largest absolute Gasteiger partial charge is 0.453 e. The van der Waals surface area contributed by atoms with E-state index in [1.807, 2.05) is 0 Å². The molecule has 1 atom stereocenters. The van der Waals surface area contributed by atoms with Crippen LogP contribution in [-0.4, -0.2) is 28.7 Å². The maximum atomic E-state index is 12.0.